The van der Waals surface area contributed by atoms with E-state index in [1.807, 2.05) is 6.07 Å². The molecule has 1 rings (SSSR count). The van der Waals surface area contributed by atoms with Crippen LogP contribution in [0.2, 0.25) is 5.02 Å². The lowest BCUT2D eigenvalue weighted by molar-refractivity contribution is -0.139. The highest BCUT2D eigenvalue weighted by atomic mass is 35.5. The predicted octanol–water partition coefficient (Wildman–Crippen LogP) is 1.39. The molecule has 1 aromatic rings. The molecule has 0 saturated carbocycles. The van der Waals surface area contributed by atoms with E-state index in [4.69, 9.17) is 22.6 Å². The number of nitriles is 1. The van der Waals surface area contributed by atoms with Crippen LogP contribution >= 0.6 is 11.6 Å². The second kappa shape index (κ2) is 5.50. The lowest BCUT2D eigenvalue weighted by Gasteiger charge is -2.09. The van der Waals surface area contributed by atoms with Gasteiger partial charge in [-0.15, -0.1) is 0 Å². The Hall–Kier alpha value is -1.57. The van der Waals surface area contributed by atoms with E-state index in [2.05, 4.69) is 4.74 Å². The van der Waals surface area contributed by atoms with Crippen molar-refractivity contribution in [1.29, 1.82) is 5.26 Å². The zero-order valence-corrected chi connectivity index (χ0v) is 9.54. The molecule has 16 heavy (non-hydrogen) atoms. The minimum Gasteiger partial charge on any atom is -0.469 e. The van der Waals surface area contributed by atoms with E-state index in [0.717, 1.165) is 0 Å². The normalized spacial score (nSPS) is 9.62. The van der Waals surface area contributed by atoms with Gasteiger partial charge in [-0.25, -0.2) is 0 Å². The fourth-order valence-corrected chi connectivity index (χ4v) is 1.63. The Kier molecular flexibility index (Phi) is 4.29. The second-order valence-corrected chi connectivity index (χ2v) is 3.51. The zero-order chi connectivity index (χ0) is 12.1. The van der Waals surface area contributed by atoms with E-state index < -0.39 is 5.97 Å². The predicted molar refractivity (Wildman–Crippen MR) is 59.8 cm³/mol. The lowest BCUT2D eigenvalue weighted by atomic mass is 10.0. The van der Waals surface area contributed by atoms with Gasteiger partial charge in [-0.2, -0.15) is 5.26 Å². The van der Waals surface area contributed by atoms with Crippen molar-refractivity contribution in [3.8, 4) is 6.07 Å². The van der Waals surface area contributed by atoms with Crippen LogP contribution < -0.4 is 5.73 Å². The summed E-state index contributed by atoms with van der Waals surface area (Å²) < 4.78 is 4.54. The number of nitrogens with zero attached hydrogens (tertiary/aromatic N) is 1. The standard InChI is InChI=1S/C11H11ClN2O2/c1-16-10(15)4-9-7(5-13)2-3-8(6-14)11(9)12/h2-3H,4,6,14H2,1H3. The maximum absolute atomic E-state index is 11.2. The highest BCUT2D eigenvalue weighted by Gasteiger charge is 2.14. The molecule has 84 valence electrons. The van der Waals surface area contributed by atoms with Gasteiger partial charge >= 0.3 is 5.97 Å². The van der Waals surface area contributed by atoms with Gasteiger partial charge in [0.1, 0.15) is 0 Å². The van der Waals surface area contributed by atoms with Crippen molar-refractivity contribution in [3.05, 3.63) is 33.8 Å². The third kappa shape index (κ3) is 2.51. The molecule has 4 nitrogen and oxygen atoms in total. The molecule has 0 atom stereocenters. The smallest absolute Gasteiger partial charge is 0.310 e. The Morgan fingerprint density at radius 3 is 2.81 bits per heavy atom. The molecular weight excluding hydrogens is 228 g/mol. The fourth-order valence-electron chi connectivity index (χ4n) is 1.32. The molecule has 0 bridgehead atoms. The molecule has 0 radical (unpaired) electrons. The average Bonchev–Trinajstić information content (AvgIpc) is 2.31. The number of nitrogens with two attached hydrogens (primary N) is 1. The second-order valence-electron chi connectivity index (χ2n) is 3.13. The van der Waals surface area contributed by atoms with Gasteiger partial charge in [0.15, 0.2) is 0 Å². The number of methoxy groups -OCH3 is 1. The van der Waals surface area contributed by atoms with Crippen LogP contribution in [-0.2, 0) is 22.5 Å². The number of hydrogen-bond donors (Lipinski definition) is 1. The molecule has 1 aromatic carbocycles. The van der Waals surface area contributed by atoms with Crippen LogP contribution in [0.15, 0.2) is 12.1 Å². The van der Waals surface area contributed by atoms with Gasteiger partial charge in [0.05, 0.1) is 30.2 Å². The molecule has 0 aliphatic heterocycles. The zero-order valence-electron chi connectivity index (χ0n) is 8.79. The van der Waals surface area contributed by atoms with E-state index in [0.29, 0.717) is 21.7 Å². The first-order valence-corrected chi connectivity index (χ1v) is 4.99. The highest BCUT2D eigenvalue weighted by Crippen LogP contribution is 2.25. The number of carbonyl (C=O) groups is 1. The van der Waals surface area contributed by atoms with Crippen molar-refractivity contribution in [2.24, 2.45) is 5.73 Å². The number of benzene rings is 1. The van der Waals surface area contributed by atoms with Crippen LogP contribution in [0.25, 0.3) is 0 Å². The lowest BCUT2D eigenvalue weighted by Crippen LogP contribution is -2.08. The Balaban J connectivity index is 3.22. The summed E-state index contributed by atoms with van der Waals surface area (Å²) in [6, 6.07) is 5.27. The first-order valence-electron chi connectivity index (χ1n) is 4.61. The number of rotatable bonds is 3. The summed E-state index contributed by atoms with van der Waals surface area (Å²) in [4.78, 5) is 11.2. The molecule has 5 heteroatoms. The molecule has 0 saturated heterocycles. The molecule has 0 amide bonds. The molecule has 0 fully saturated rings. The van der Waals surface area contributed by atoms with Crippen LogP contribution in [0.4, 0.5) is 0 Å². The van der Waals surface area contributed by atoms with Crippen molar-refractivity contribution < 1.29 is 9.53 Å². The van der Waals surface area contributed by atoms with E-state index in [1.165, 1.54) is 7.11 Å². The van der Waals surface area contributed by atoms with Crippen LogP contribution in [0.3, 0.4) is 0 Å². The van der Waals surface area contributed by atoms with Crippen LogP contribution in [-0.4, -0.2) is 13.1 Å². The molecule has 2 N–H and O–H groups in total. The molecule has 0 aliphatic carbocycles. The monoisotopic (exact) mass is 238 g/mol. The number of ether oxygens (including phenoxy) is 1. The van der Waals surface area contributed by atoms with Crippen LogP contribution in [0.1, 0.15) is 16.7 Å². The van der Waals surface area contributed by atoms with Crippen molar-refractivity contribution >= 4 is 17.6 Å². The summed E-state index contributed by atoms with van der Waals surface area (Å²) >= 11 is 6.05. The summed E-state index contributed by atoms with van der Waals surface area (Å²) in [5.74, 6) is -0.437. The van der Waals surface area contributed by atoms with Gasteiger partial charge in [0.25, 0.3) is 0 Å². The van der Waals surface area contributed by atoms with E-state index in [-0.39, 0.29) is 13.0 Å². The largest absolute Gasteiger partial charge is 0.469 e. The molecule has 0 heterocycles. The Bertz CT molecular complexity index is 452. The molecule has 0 aromatic heterocycles. The SMILES string of the molecule is COC(=O)Cc1c(C#N)ccc(CN)c1Cl. The van der Waals surface area contributed by atoms with Crippen molar-refractivity contribution in [3.63, 3.8) is 0 Å². The Morgan fingerprint density at radius 2 is 2.31 bits per heavy atom. The molecule has 0 aliphatic rings. The summed E-state index contributed by atoms with van der Waals surface area (Å²) in [5, 5.41) is 9.27. The summed E-state index contributed by atoms with van der Waals surface area (Å²) in [5.41, 5.74) is 7.04. The van der Waals surface area contributed by atoms with Gasteiger partial charge in [-0.05, 0) is 17.2 Å². The number of hydrogen-bond acceptors (Lipinski definition) is 4. The average molecular weight is 239 g/mol. The fraction of sp³-hybridized carbons (Fsp3) is 0.273. The number of carbonyl (C=O) groups excluding carboxylic acids is 1. The van der Waals surface area contributed by atoms with Gasteiger partial charge in [0.2, 0.25) is 0 Å². The Morgan fingerprint density at radius 1 is 1.62 bits per heavy atom. The quantitative estimate of drug-likeness (QED) is 0.808. The van der Waals surface area contributed by atoms with E-state index in [9.17, 15) is 4.79 Å². The first-order chi connectivity index (χ1) is 7.63. The highest BCUT2D eigenvalue weighted by molar-refractivity contribution is 6.32. The topological polar surface area (TPSA) is 76.1 Å². The maximum atomic E-state index is 11.2. The summed E-state index contributed by atoms with van der Waals surface area (Å²) in [6.45, 7) is 0.263. The van der Waals surface area contributed by atoms with Gasteiger partial charge in [-0.3, -0.25) is 4.79 Å². The molecule has 0 unspecified atom stereocenters. The van der Waals surface area contributed by atoms with Crippen molar-refractivity contribution in [2.45, 2.75) is 13.0 Å². The van der Waals surface area contributed by atoms with Gasteiger partial charge < -0.3 is 10.5 Å². The van der Waals surface area contributed by atoms with Gasteiger partial charge in [0, 0.05) is 6.54 Å². The summed E-state index contributed by atoms with van der Waals surface area (Å²) in [7, 11) is 1.29. The summed E-state index contributed by atoms with van der Waals surface area (Å²) in [6.07, 6.45) is -0.0218. The minimum absolute atomic E-state index is 0.0218. The third-order valence-electron chi connectivity index (χ3n) is 2.21. The third-order valence-corrected chi connectivity index (χ3v) is 2.68. The number of esters is 1. The minimum atomic E-state index is -0.437. The van der Waals surface area contributed by atoms with Crippen molar-refractivity contribution in [1.82, 2.24) is 0 Å². The van der Waals surface area contributed by atoms with Gasteiger partial charge in [-0.1, -0.05) is 17.7 Å². The van der Waals surface area contributed by atoms with Crippen molar-refractivity contribution in [2.75, 3.05) is 7.11 Å². The maximum Gasteiger partial charge on any atom is 0.310 e. The Labute approximate surface area is 98.6 Å². The first kappa shape index (κ1) is 12.5. The molecule has 0 spiro atoms. The number of halogens is 1. The molecular formula is C11H11ClN2O2. The van der Waals surface area contributed by atoms with Crippen LogP contribution in [0, 0.1) is 11.3 Å². The van der Waals surface area contributed by atoms with Crippen LogP contribution in [0.5, 0.6) is 0 Å². The van der Waals surface area contributed by atoms with E-state index >= 15 is 0 Å². The van der Waals surface area contributed by atoms with E-state index in [1.54, 1.807) is 12.1 Å².